The van der Waals surface area contributed by atoms with Crippen molar-refractivity contribution in [2.45, 2.75) is 10.9 Å². The molecule has 2 aromatic heterocycles. The minimum Gasteiger partial charge on any atom is -0.493 e. The van der Waals surface area contributed by atoms with Crippen molar-refractivity contribution >= 4 is 33.8 Å². The van der Waals surface area contributed by atoms with Crippen molar-refractivity contribution in [2.24, 2.45) is 0 Å². The summed E-state index contributed by atoms with van der Waals surface area (Å²) in [5, 5.41) is 1.07. The number of benzene rings is 3. The SMILES string of the molecule is COc1ccc(-n2c(SCc3nc4ccccc4o3)nc3ccccc3c2=O)cc1OC. The summed E-state index contributed by atoms with van der Waals surface area (Å²) in [6.07, 6.45) is 0. The highest BCUT2D eigenvalue weighted by atomic mass is 32.2. The average molecular weight is 446 g/mol. The third kappa shape index (κ3) is 3.58. The molecule has 0 spiro atoms. The van der Waals surface area contributed by atoms with Crippen LogP contribution in [0.2, 0.25) is 0 Å². The maximum Gasteiger partial charge on any atom is 0.266 e. The van der Waals surface area contributed by atoms with Crippen LogP contribution in [-0.4, -0.2) is 28.8 Å². The van der Waals surface area contributed by atoms with Crippen LogP contribution in [-0.2, 0) is 5.75 Å². The van der Waals surface area contributed by atoms with Gasteiger partial charge in [-0.3, -0.25) is 9.36 Å². The van der Waals surface area contributed by atoms with Crippen LogP contribution in [0.25, 0.3) is 27.7 Å². The molecule has 0 unspecified atom stereocenters. The third-order valence-electron chi connectivity index (χ3n) is 5.03. The van der Waals surface area contributed by atoms with E-state index in [0.29, 0.717) is 44.9 Å². The number of ether oxygens (including phenoxy) is 2. The number of aromatic nitrogens is 3. The number of rotatable bonds is 6. The summed E-state index contributed by atoms with van der Waals surface area (Å²) in [5.74, 6) is 2.10. The number of thioether (sulfide) groups is 1. The van der Waals surface area contributed by atoms with Gasteiger partial charge in [0.15, 0.2) is 22.2 Å². The molecular formula is C24H19N3O4S. The second-order valence-corrected chi connectivity index (χ2v) is 7.90. The van der Waals surface area contributed by atoms with E-state index in [1.165, 1.54) is 11.8 Å². The molecule has 5 aromatic rings. The molecule has 32 heavy (non-hydrogen) atoms. The fraction of sp³-hybridized carbons (Fsp3) is 0.125. The summed E-state index contributed by atoms with van der Waals surface area (Å²) in [4.78, 5) is 22.7. The molecule has 0 saturated heterocycles. The Kier molecular flexibility index (Phi) is 5.28. The summed E-state index contributed by atoms with van der Waals surface area (Å²) in [5.41, 5.74) is 2.63. The van der Waals surface area contributed by atoms with Gasteiger partial charge in [-0.05, 0) is 36.4 Å². The predicted molar refractivity (Wildman–Crippen MR) is 124 cm³/mol. The third-order valence-corrected chi connectivity index (χ3v) is 5.96. The summed E-state index contributed by atoms with van der Waals surface area (Å²) < 4.78 is 18.2. The predicted octanol–water partition coefficient (Wildman–Crippen LogP) is 4.84. The smallest absolute Gasteiger partial charge is 0.266 e. The molecule has 8 heteroatoms. The molecular weight excluding hydrogens is 426 g/mol. The van der Waals surface area contributed by atoms with Crippen LogP contribution in [0.3, 0.4) is 0 Å². The van der Waals surface area contributed by atoms with Gasteiger partial charge in [0.2, 0.25) is 5.89 Å². The highest BCUT2D eigenvalue weighted by molar-refractivity contribution is 7.98. The Bertz CT molecular complexity index is 1460. The second kappa shape index (κ2) is 8.39. The number of hydrogen-bond donors (Lipinski definition) is 0. The first-order chi connectivity index (χ1) is 15.7. The maximum absolute atomic E-state index is 13.5. The Labute approximate surface area is 187 Å². The van der Waals surface area contributed by atoms with Crippen LogP contribution >= 0.6 is 11.8 Å². The molecule has 3 aromatic carbocycles. The Morgan fingerprint density at radius 1 is 0.906 bits per heavy atom. The summed E-state index contributed by atoms with van der Waals surface area (Å²) in [6, 6.07) is 20.3. The fourth-order valence-electron chi connectivity index (χ4n) is 3.51. The summed E-state index contributed by atoms with van der Waals surface area (Å²) in [7, 11) is 3.13. The van der Waals surface area contributed by atoms with Gasteiger partial charge in [-0.2, -0.15) is 0 Å². The number of fused-ring (bicyclic) bond motifs is 2. The van der Waals surface area contributed by atoms with Gasteiger partial charge in [-0.25, -0.2) is 9.97 Å². The van der Waals surface area contributed by atoms with Gasteiger partial charge in [-0.15, -0.1) is 0 Å². The number of oxazole rings is 1. The monoisotopic (exact) mass is 445 g/mol. The first-order valence-corrected chi connectivity index (χ1v) is 10.9. The lowest BCUT2D eigenvalue weighted by molar-refractivity contribution is 0.354. The van der Waals surface area contributed by atoms with Crippen molar-refractivity contribution in [3.05, 3.63) is 83.0 Å². The zero-order chi connectivity index (χ0) is 22.1. The van der Waals surface area contributed by atoms with Crippen LogP contribution in [0.1, 0.15) is 5.89 Å². The van der Waals surface area contributed by atoms with Crippen molar-refractivity contribution in [2.75, 3.05) is 14.2 Å². The van der Waals surface area contributed by atoms with Gasteiger partial charge in [0.05, 0.1) is 36.6 Å². The van der Waals surface area contributed by atoms with Crippen molar-refractivity contribution < 1.29 is 13.9 Å². The highest BCUT2D eigenvalue weighted by Gasteiger charge is 2.16. The lowest BCUT2D eigenvalue weighted by Crippen LogP contribution is -2.21. The Hall–Kier alpha value is -3.78. The van der Waals surface area contributed by atoms with E-state index in [1.807, 2.05) is 48.5 Å². The lowest BCUT2D eigenvalue weighted by Gasteiger charge is -2.15. The zero-order valence-electron chi connectivity index (χ0n) is 17.4. The van der Waals surface area contributed by atoms with Crippen LogP contribution in [0, 0.1) is 0 Å². The molecule has 0 N–H and O–H groups in total. The van der Waals surface area contributed by atoms with E-state index in [1.54, 1.807) is 37.0 Å². The van der Waals surface area contributed by atoms with Crippen molar-refractivity contribution in [1.82, 2.24) is 14.5 Å². The van der Waals surface area contributed by atoms with E-state index in [2.05, 4.69) is 4.98 Å². The Balaban J connectivity index is 1.61. The van der Waals surface area contributed by atoms with Gasteiger partial charge in [0.1, 0.15) is 5.52 Å². The summed E-state index contributed by atoms with van der Waals surface area (Å²) in [6.45, 7) is 0. The normalized spacial score (nSPS) is 11.2. The van der Waals surface area contributed by atoms with E-state index in [4.69, 9.17) is 18.9 Å². The lowest BCUT2D eigenvalue weighted by atomic mass is 10.2. The molecule has 0 bridgehead atoms. The molecule has 7 nitrogen and oxygen atoms in total. The number of para-hydroxylation sites is 3. The number of methoxy groups -OCH3 is 2. The molecule has 0 aliphatic heterocycles. The molecule has 0 saturated carbocycles. The van der Waals surface area contributed by atoms with E-state index >= 15 is 0 Å². The molecule has 5 rings (SSSR count). The second-order valence-electron chi connectivity index (χ2n) is 6.96. The van der Waals surface area contributed by atoms with E-state index in [9.17, 15) is 4.79 Å². The Morgan fingerprint density at radius 3 is 2.44 bits per heavy atom. The maximum atomic E-state index is 13.5. The first kappa shape index (κ1) is 20.1. The van der Waals surface area contributed by atoms with Gasteiger partial charge < -0.3 is 13.9 Å². The molecule has 0 atom stereocenters. The summed E-state index contributed by atoms with van der Waals surface area (Å²) >= 11 is 1.39. The molecule has 0 fully saturated rings. The van der Waals surface area contributed by atoms with E-state index in [0.717, 1.165) is 11.1 Å². The van der Waals surface area contributed by atoms with E-state index < -0.39 is 0 Å². The van der Waals surface area contributed by atoms with Crippen LogP contribution in [0.5, 0.6) is 11.5 Å². The minimum absolute atomic E-state index is 0.164. The molecule has 0 radical (unpaired) electrons. The fourth-order valence-corrected chi connectivity index (χ4v) is 4.37. The van der Waals surface area contributed by atoms with Crippen molar-refractivity contribution in [3.63, 3.8) is 0 Å². The van der Waals surface area contributed by atoms with Gasteiger partial charge in [0.25, 0.3) is 5.56 Å². The zero-order valence-corrected chi connectivity index (χ0v) is 18.3. The van der Waals surface area contributed by atoms with Crippen molar-refractivity contribution in [3.8, 4) is 17.2 Å². The first-order valence-electron chi connectivity index (χ1n) is 9.89. The molecule has 0 aliphatic carbocycles. The Morgan fingerprint density at radius 2 is 1.66 bits per heavy atom. The molecule has 0 aliphatic rings. The van der Waals surface area contributed by atoms with Gasteiger partial charge in [-0.1, -0.05) is 36.0 Å². The number of hydrogen-bond acceptors (Lipinski definition) is 7. The van der Waals surface area contributed by atoms with E-state index in [-0.39, 0.29) is 5.56 Å². The molecule has 2 heterocycles. The average Bonchev–Trinajstić information content (AvgIpc) is 3.25. The standard InChI is InChI=1S/C24H19N3O4S/c1-29-20-12-11-15(13-21(20)30-2)27-23(28)16-7-3-4-8-17(16)26-24(27)32-14-22-25-18-9-5-6-10-19(18)31-22/h3-13H,14H2,1-2H3. The topological polar surface area (TPSA) is 79.4 Å². The largest absolute Gasteiger partial charge is 0.493 e. The quantitative estimate of drug-likeness (QED) is 0.273. The van der Waals surface area contributed by atoms with Crippen molar-refractivity contribution in [1.29, 1.82) is 0 Å². The molecule has 0 amide bonds. The minimum atomic E-state index is -0.164. The highest BCUT2D eigenvalue weighted by Crippen LogP contribution is 2.31. The van der Waals surface area contributed by atoms with Crippen LogP contribution in [0.4, 0.5) is 0 Å². The molecule has 160 valence electrons. The van der Waals surface area contributed by atoms with Gasteiger partial charge in [0, 0.05) is 6.07 Å². The van der Waals surface area contributed by atoms with Crippen LogP contribution in [0.15, 0.2) is 81.1 Å². The van der Waals surface area contributed by atoms with Gasteiger partial charge >= 0.3 is 0 Å². The number of nitrogens with zero attached hydrogens (tertiary/aromatic N) is 3. The van der Waals surface area contributed by atoms with Crippen LogP contribution < -0.4 is 15.0 Å².